The van der Waals surface area contributed by atoms with Crippen molar-refractivity contribution in [1.82, 2.24) is 5.32 Å². The summed E-state index contributed by atoms with van der Waals surface area (Å²) in [5, 5.41) is 11.6. The minimum atomic E-state index is -1.09. The van der Waals surface area contributed by atoms with E-state index >= 15 is 0 Å². The van der Waals surface area contributed by atoms with Gasteiger partial charge in [-0.1, -0.05) is 19.3 Å². The molecule has 1 rings (SSSR count). The topological polar surface area (TPSA) is 49.3 Å². The lowest BCUT2D eigenvalue weighted by molar-refractivity contribution is 0.182. The lowest BCUT2D eigenvalue weighted by Gasteiger charge is -2.22. The number of carbonyl (C=O) groups excluding carboxylic acids is 1. The maximum absolute atomic E-state index is 9.94. The van der Waals surface area contributed by atoms with E-state index < -0.39 is 6.23 Å². The average Bonchev–Trinajstić information content (AvgIpc) is 2.16. The first-order chi connectivity index (χ1) is 5.83. The second-order valence-corrected chi connectivity index (χ2v) is 3.43. The zero-order valence-electron chi connectivity index (χ0n) is 7.25. The van der Waals surface area contributed by atoms with E-state index in [-0.39, 0.29) is 0 Å². The summed E-state index contributed by atoms with van der Waals surface area (Å²) < 4.78 is 0. The van der Waals surface area contributed by atoms with Crippen molar-refractivity contribution in [3.8, 4) is 0 Å². The van der Waals surface area contributed by atoms with Crippen molar-refractivity contribution in [1.29, 1.82) is 0 Å². The Labute approximate surface area is 73.2 Å². The molecule has 69 valence electrons. The highest BCUT2D eigenvalue weighted by Crippen LogP contribution is 2.22. The van der Waals surface area contributed by atoms with Gasteiger partial charge in [0.05, 0.1) is 0 Å². The Kier molecular flexibility index (Phi) is 4.25. The van der Waals surface area contributed by atoms with Gasteiger partial charge in [0.25, 0.3) is 0 Å². The first-order valence-electron chi connectivity index (χ1n) is 4.62. The fourth-order valence-electron chi connectivity index (χ4n) is 1.71. The maximum atomic E-state index is 9.94. The Morgan fingerprint density at radius 3 is 2.67 bits per heavy atom. The predicted molar refractivity (Wildman–Crippen MR) is 46.3 cm³/mol. The largest absolute Gasteiger partial charge is 0.371 e. The van der Waals surface area contributed by atoms with Crippen LogP contribution in [-0.4, -0.2) is 24.2 Å². The van der Waals surface area contributed by atoms with Crippen molar-refractivity contribution < 1.29 is 9.90 Å². The van der Waals surface area contributed by atoms with Crippen molar-refractivity contribution in [2.45, 2.75) is 38.3 Å². The van der Waals surface area contributed by atoms with Gasteiger partial charge >= 0.3 is 0 Å². The van der Waals surface area contributed by atoms with Crippen molar-refractivity contribution in [2.75, 3.05) is 6.54 Å². The van der Waals surface area contributed by atoms with Gasteiger partial charge in [-0.05, 0) is 18.8 Å². The molecule has 0 aromatic carbocycles. The van der Waals surface area contributed by atoms with Gasteiger partial charge < -0.3 is 5.11 Å². The Morgan fingerprint density at radius 1 is 1.42 bits per heavy atom. The molecule has 0 aromatic rings. The molecule has 3 nitrogen and oxygen atoms in total. The minimum absolute atomic E-state index is 0.641. The van der Waals surface area contributed by atoms with Gasteiger partial charge in [-0.15, -0.1) is 0 Å². The highest BCUT2D eigenvalue weighted by Gasteiger charge is 2.14. The van der Waals surface area contributed by atoms with Crippen LogP contribution in [0.25, 0.3) is 0 Å². The number of hydrogen-bond donors (Lipinski definition) is 2. The zero-order valence-corrected chi connectivity index (χ0v) is 7.25. The molecule has 1 unspecified atom stereocenters. The van der Waals surface area contributed by atoms with Crippen LogP contribution in [0, 0.1) is 5.92 Å². The van der Waals surface area contributed by atoms with Gasteiger partial charge in [0.2, 0.25) is 6.29 Å². The SMILES string of the molecule is O=[C]C(O)NCC1CCCCC1. The molecule has 1 radical (unpaired) electrons. The van der Waals surface area contributed by atoms with Crippen LogP contribution in [0.2, 0.25) is 0 Å². The molecule has 0 aliphatic heterocycles. The lowest BCUT2D eigenvalue weighted by atomic mass is 9.89. The highest BCUT2D eigenvalue weighted by molar-refractivity contribution is 5.55. The number of hydrogen-bond acceptors (Lipinski definition) is 3. The van der Waals surface area contributed by atoms with Gasteiger partial charge in [0.15, 0.2) is 6.23 Å². The summed E-state index contributed by atoms with van der Waals surface area (Å²) in [5.74, 6) is 0.641. The smallest absolute Gasteiger partial charge is 0.245 e. The number of aliphatic hydroxyl groups excluding tert-OH is 1. The lowest BCUT2D eigenvalue weighted by Crippen LogP contribution is -2.34. The van der Waals surface area contributed by atoms with Crippen molar-refractivity contribution in [3.05, 3.63) is 0 Å². The van der Waals surface area contributed by atoms with Gasteiger partial charge in [-0.25, -0.2) is 0 Å². The summed E-state index contributed by atoms with van der Waals surface area (Å²) in [6.07, 6.45) is 6.75. The van der Waals surface area contributed by atoms with E-state index in [9.17, 15) is 4.79 Å². The number of aliphatic hydroxyl groups is 1. The molecule has 1 fully saturated rings. The third-order valence-corrected chi connectivity index (χ3v) is 2.44. The third-order valence-electron chi connectivity index (χ3n) is 2.44. The first-order valence-corrected chi connectivity index (χ1v) is 4.62. The van der Waals surface area contributed by atoms with Crippen LogP contribution < -0.4 is 5.32 Å². The number of rotatable bonds is 4. The fraction of sp³-hybridized carbons (Fsp3) is 0.889. The molecule has 3 heteroatoms. The van der Waals surface area contributed by atoms with E-state index in [1.54, 1.807) is 0 Å². The summed E-state index contributed by atoms with van der Waals surface area (Å²) >= 11 is 0. The van der Waals surface area contributed by atoms with E-state index in [2.05, 4.69) is 5.32 Å². The Morgan fingerprint density at radius 2 is 2.08 bits per heavy atom. The first kappa shape index (κ1) is 9.68. The van der Waals surface area contributed by atoms with Crippen LogP contribution in [0.5, 0.6) is 0 Å². The molecule has 1 aliphatic rings. The molecule has 1 saturated carbocycles. The van der Waals surface area contributed by atoms with E-state index in [0.717, 1.165) is 6.54 Å². The fourth-order valence-corrected chi connectivity index (χ4v) is 1.71. The van der Waals surface area contributed by atoms with Gasteiger partial charge in [0.1, 0.15) is 0 Å². The standard InChI is InChI=1S/C9H16NO2/c11-7-9(12)10-6-8-4-2-1-3-5-8/h8-10,12H,1-6H2. The van der Waals surface area contributed by atoms with Crippen LogP contribution in [-0.2, 0) is 4.79 Å². The summed E-state index contributed by atoms with van der Waals surface area (Å²) in [5.41, 5.74) is 0. The number of nitrogens with one attached hydrogen (secondary N) is 1. The molecule has 0 bridgehead atoms. The molecule has 0 aromatic heterocycles. The predicted octanol–water partition coefficient (Wildman–Crippen LogP) is 0.584. The zero-order chi connectivity index (χ0) is 8.81. The van der Waals surface area contributed by atoms with Gasteiger partial charge in [0, 0.05) is 6.54 Å². The normalized spacial score (nSPS) is 22.1. The molecule has 0 saturated heterocycles. The molecular weight excluding hydrogens is 154 g/mol. The molecule has 0 amide bonds. The van der Waals surface area contributed by atoms with Crippen molar-refractivity contribution in [3.63, 3.8) is 0 Å². The average molecular weight is 170 g/mol. The molecule has 1 aliphatic carbocycles. The second-order valence-electron chi connectivity index (χ2n) is 3.43. The maximum Gasteiger partial charge on any atom is 0.245 e. The third kappa shape index (κ3) is 3.32. The van der Waals surface area contributed by atoms with Crippen LogP contribution in [0.3, 0.4) is 0 Å². The summed E-state index contributed by atoms with van der Waals surface area (Å²) in [4.78, 5) is 9.94. The Balaban J connectivity index is 2.08. The van der Waals surface area contributed by atoms with Gasteiger partial charge in [-0.3, -0.25) is 10.1 Å². The highest BCUT2D eigenvalue weighted by atomic mass is 16.3. The minimum Gasteiger partial charge on any atom is -0.371 e. The van der Waals surface area contributed by atoms with Crippen LogP contribution in [0.1, 0.15) is 32.1 Å². The molecule has 0 spiro atoms. The summed E-state index contributed by atoms with van der Waals surface area (Å²) in [6.45, 7) is 0.746. The second kappa shape index (κ2) is 5.27. The van der Waals surface area contributed by atoms with Crippen LogP contribution >= 0.6 is 0 Å². The van der Waals surface area contributed by atoms with E-state index in [0.29, 0.717) is 5.92 Å². The molecule has 1 atom stereocenters. The van der Waals surface area contributed by atoms with Crippen molar-refractivity contribution in [2.24, 2.45) is 5.92 Å². The Hall–Kier alpha value is -0.410. The molecular formula is C9H16NO2. The van der Waals surface area contributed by atoms with Crippen molar-refractivity contribution >= 4 is 6.29 Å². The van der Waals surface area contributed by atoms with Gasteiger partial charge in [-0.2, -0.15) is 0 Å². The molecule has 2 N–H and O–H groups in total. The van der Waals surface area contributed by atoms with Crippen LogP contribution in [0.15, 0.2) is 0 Å². The van der Waals surface area contributed by atoms with Crippen LogP contribution in [0.4, 0.5) is 0 Å². The van der Waals surface area contributed by atoms with E-state index in [1.807, 2.05) is 0 Å². The monoisotopic (exact) mass is 170 g/mol. The van der Waals surface area contributed by atoms with E-state index in [4.69, 9.17) is 5.11 Å². The molecule has 0 heterocycles. The quantitative estimate of drug-likeness (QED) is 0.607. The Bertz CT molecular complexity index is 132. The molecule has 12 heavy (non-hydrogen) atoms. The summed E-state index contributed by atoms with van der Waals surface area (Å²) in [7, 11) is 0. The summed E-state index contributed by atoms with van der Waals surface area (Å²) in [6, 6.07) is 0. The van der Waals surface area contributed by atoms with E-state index in [1.165, 1.54) is 38.4 Å².